The van der Waals surface area contributed by atoms with E-state index in [4.69, 9.17) is 9.37 Å². The van der Waals surface area contributed by atoms with Gasteiger partial charge in [-0.05, 0) is 47.0 Å². The first kappa shape index (κ1) is 22.5. The molecule has 0 spiro atoms. The van der Waals surface area contributed by atoms with E-state index in [0.29, 0.717) is 24.0 Å². The fraction of sp³-hybridized carbons (Fsp3) is 0.381. The Morgan fingerprint density at radius 3 is 2.77 bits per heavy atom. The van der Waals surface area contributed by atoms with E-state index in [1.165, 1.54) is 5.56 Å². The summed E-state index contributed by atoms with van der Waals surface area (Å²) >= 11 is 1.55. The predicted octanol–water partition coefficient (Wildman–Crippen LogP) is 4.61. The van der Waals surface area contributed by atoms with E-state index in [1.807, 2.05) is 25.1 Å². The summed E-state index contributed by atoms with van der Waals surface area (Å²) in [7, 11) is 0. The van der Waals surface area contributed by atoms with Crippen LogP contribution in [0.4, 0.5) is 11.4 Å². The molecule has 3 aromatic rings. The van der Waals surface area contributed by atoms with Crippen molar-refractivity contribution in [2.75, 3.05) is 24.2 Å². The van der Waals surface area contributed by atoms with Crippen molar-refractivity contribution in [1.29, 1.82) is 0 Å². The first-order valence-corrected chi connectivity index (χ1v) is 11.1. The molecule has 9 nitrogen and oxygen atoms in total. The Labute approximate surface area is 183 Å². The summed E-state index contributed by atoms with van der Waals surface area (Å²) in [5, 5.41) is 22.3. The van der Waals surface area contributed by atoms with Crippen LogP contribution in [0.5, 0.6) is 0 Å². The molecule has 1 aromatic heterocycles. The highest BCUT2D eigenvalue weighted by molar-refractivity contribution is 7.99. The second kappa shape index (κ2) is 11.3. The number of anilines is 1. The van der Waals surface area contributed by atoms with E-state index in [0.717, 1.165) is 23.5 Å². The van der Waals surface area contributed by atoms with Crippen molar-refractivity contribution in [1.82, 2.24) is 10.3 Å². The fourth-order valence-corrected chi connectivity index (χ4v) is 4.04. The first-order valence-electron chi connectivity index (χ1n) is 10.1. The van der Waals surface area contributed by atoms with Crippen molar-refractivity contribution in [3.63, 3.8) is 0 Å². The number of rotatable bonds is 12. The van der Waals surface area contributed by atoms with Crippen molar-refractivity contribution in [2.45, 2.75) is 37.5 Å². The number of nitrogens with one attached hydrogen (secondary N) is 1. The fourth-order valence-electron chi connectivity index (χ4n) is 3.06. The third-order valence-corrected chi connectivity index (χ3v) is 5.62. The number of nitrogens with zero attached hydrogens (tertiary/aromatic N) is 3. The lowest BCUT2D eigenvalue weighted by Gasteiger charge is -2.10. The summed E-state index contributed by atoms with van der Waals surface area (Å²) in [6.07, 6.45) is 2.93. The smallest absolute Gasteiger partial charge is 0.323 e. The van der Waals surface area contributed by atoms with Crippen molar-refractivity contribution >= 4 is 40.1 Å². The quantitative estimate of drug-likeness (QED) is 0.140. The van der Waals surface area contributed by atoms with Gasteiger partial charge in [0.15, 0.2) is 5.52 Å². The van der Waals surface area contributed by atoms with Crippen LogP contribution in [0.1, 0.15) is 31.7 Å². The van der Waals surface area contributed by atoms with Gasteiger partial charge in [0.05, 0.1) is 4.92 Å². The molecule has 2 aromatic carbocycles. The Balaban J connectivity index is 1.69. The highest BCUT2D eigenvalue weighted by Crippen LogP contribution is 2.38. The molecule has 0 unspecified atom stereocenters. The van der Waals surface area contributed by atoms with Gasteiger partial charge in [-0.15, -0.1) is 11.8 Å². The van der Waals surface area contributed by atoms with Crippen LogP contribution in [0, 0.1) is 10.1 Å². The summed E-state index contributed by atoms with van der Waals surface area (Å²) in [6, 6.07) is 11.9. The Morgan fingerprint density at radius 2 is 2.03 bits per heavy atom. The lowest BCUT2D eigenvalue weighted by Crippen LogP contribution is -2.14. The van der Waals surface area contributed by atoms with Crippen molar-refractivity contribution in [3.05, 3.63) is 52.1 Å². The van der Waals surface area contributed by atoms with Crippen molar-refractivity contribution in [3.8, 4) is 0 Å². The zero-order valence-electron chi connectivity index (χ0n) is 17.2. The standard InChI is InChI=1S/C21H24N4O5S/c1-2-7-18(26)29-12-11-22-16-14-17(19-20(24-30-23-19)21(16)25(27)28)31-13-6-10-15-8-4-3-5-9-15/h3-5,8-9,14,22H,2,6-7,10-13H2,1H3. The zero-order chi connectivity index (χ0) is 22.1. The van der Waals surface area contributed by atoms with Gasteiger partial charge in [0.2, 0.25) is 5.52 Å². The molecule has 0 aliphatic carbocycles. The minimum absolute atomic E-state index is 0.100. The highest BCUT2D eigenvalue weighted by Gasteiger charge is 2.25. The number of thioether (sulfide) groups is 1. The van der Waals surface area contributed by atoms with E-state index in [-0.39, 0.29) is 30.3 Å². The lowest BCUT2D eigenvalue weighted by atomic mass is 10.1. The molecule has 3 rings (SSSR count). The minimum Gasteiger partial charge on any atom is -0.464 e. The second-order valence-corrected chi connectivity index (χ2v) is 7.96. The molecular formula is C21H24N4O5S. The van der Waals surface area contributed by atoms with Gasteiger partial charge in [-0.25, -0.2) is 4.63 Å². The van der Waals surface area contributed by atoms with E-state index in [9.17, 15) is 14.9 Å². The van der Waals surface area contributed by atoms with Crippen molar-refractivity contribution < 1.29 is 19.1 Å². The molecule has 0 aliphatic rings. The molecule has 31 heavy (non-hydrogen) atoms. The first-order chi connectivity index (χ1) is 15.1. The number of esters is 1. The highest BCUT2D eigenvalue weighted by atomic mass is 32.2. The maximum atomic E-state index is 11.7. The molecule has 0 amide bonds. The summed E-state index contributed by atoms with van der Waals surface area (Å²) < 4.78 is 9.90. The van der Waals surface area contributed by atoms with Gasteiger partial charge in [0.25, 0.3) is 0 Å². The van der Waals surface area contributed by atoms with Gasteiger partial charge in [-0.1, -0.05) is 37.3 Å². The van der Waals surface area contributed by atoms with Crippen LogP contribution in [0.2, 0.25) is 0 Å². The van der Waals surface area contributed by atoms with Crippen LogP contribution >= 0.6 is 11.8 Å². The number of nitro benzene ring substituents is 1. The molecule has 0 radical (unpaired) electrons. The summed E-state index contributed by atoms with van der Waals surface area (Å²) in [5.41, 5.74) is 1.83. The molecule has 0 fully saturated rings. The van der Waals surface area contributed by atoms with Crippen LogP contribution in [-0.4, -0.2) is 40.1 Å². The topological polar surface area (TPSA) is 120 Å². The van der Waals surface area contributed by atoms with Gasteiger partial charge < -0.3 is 10.1 Å². The lowest BCUT2D eigenvalue weighted by molar-refractivity contribution is -0.382. The zero-order valence-corrected chi connectivity index (χ0v) is 18.0. The van der Waals surface area contributed by atoms with Crippen LogP contribution < -0.4 is 5.32 Å². The van der Waals surface area contributed by atoms with Crippen LogP contribution in [-0.2, 0) is 16.0 Å². The number of hydrogen-bond donors (Lipinski definition) is 1. The molecule has 0 atom stereocenters. The second-order valence-electron chi connectivity index (χ2n) is 6.82. The molecule has 164 valence electrons. The molecule has 10 heteroatoms. The molecule has 1 heterocycles. The molecule has 0 saturated carbocycles. The summed E-state index contributed by atoms with van der Waals surface area (Å²) in [6.45, 7) is 2.25. The van der Waals surface area contributed by atoms with E-state index in [2.05, 4.69) is 27.8 Å². The number of carbonyl (C=O) groups excluding carboxylic acids is 1. The number of fused-ring (bicyclic) bond motifs is 1. The largest absolute Gasteiger partial charge is 0.464 e. The van der Waals surface area contributed by atoms with E-state index < -0.39 is 4.92 Å². The number of benzene rings is 2. The predicted molar refractivity (Wildman–Crippen MR) is 118 cm³/mol. The Bertz CT molecular complexity index is 1030. The number of hydrogen-bond acceptors (Lipinski definition) is 9. The summed E-state index contributed by atoms with van der Waals surface area (Å²) in [5.74, 6) is 0.521. The van der Waals surface area contributed by atoms with Crippen molar-refractivity contribution in [2.24, 2.45) is 0 Å². The Morgan fingerprint density at radius 1 is 1.26 bits per heavy atom. The van der Waals surface area contributed by atoms with Gasteiger partial charge >= 0.3 is 11.7 Å². The number of nitro groups is 1. The molecular weight excluding hydrogens is 420 g/mol. The molecule has 0 aliphatic heterocycles. The average Bonchev–Trinajstić information content (AvgIpc) is 3.24. The van der Waals surface area contributed by atoms with Crippen LogP contribution in [0.25, 0.3) is 11.0 Å². The molecule has 1 N–H and O–H groups in total. The third kappa shape index (κ3) is 6.17. The Kier molecular flexibility index (Phi) is 8.22. The van der Waals surface area contributed by atoms with Gasteiger partial charge in [0.1, 0.15) is 12.3 Å². The number of aromatic nitrogens is 2. The Hall–Kier alpha value is -3.14. The maximum absolute atomic E-state index is 11.7. The normalized spacial score (nSPS) is 10.9. The van der Waals surface area contributed by atoms with Crippen LogP contribution in [0.3, 0.4) is 0 Å². The SMILES string of the molecule is CCCC(=O)OCCNc1cc(SCCCc2ccccc2)c2nonc2c1[N+](=O)[O-]. The number of aryl methyl sites for hydroxylation is 1. The summed E-state index contributed by atoms with van der Waals surface area (Å²) in [4.78, 5) is 23.4. The minimum atomic E-state index is -0.512. The monoisotopic (exact) mass is 444 g/mol. The van der Waals surface area contributed by atoms with Gasteiger partial charge in [-0.2, -0.15) is 0 Å². The van der Waals surface area contributed by atoms with E-state index in [1.54, 1.807) is 17.8 Å². The van der Waals surface area contributed by atoms with Crippen LogP contribution in [0.15, 0.2) is 45.9 Å². The third-order valence-electron chi connectivity index (χ3n) is 4.50. The number of carbonyl (C=O) groups is 1. The van der Waals surface area contributed by atoms with E-state index >= 15 is 0 Å². The number of ether oxygens (including phenoxy) is 1. The maximum Gasteiger partial charge on any atom is 0.323 e. The average molecular weight is 445 g/mol. The van der Waals surface area contributed by atoms with Gasteiger partial charge in [0, 0.05) is 17.9 Å². The van der Waals surface area contributed by atoms with Gasteiger partial charge in [-0.3, -0.25) is 14.9 Å². The molecule has 0 saturated heterocycles. The molecule has 0 bridgehead atoms.